The summed E-state index contributed by atoms with van der Waals surface area (Å²) >= 11 is 0. The maximum absolute atomic E-state index is 14.7. The first-order valence-corrected chi connectivity index (χ1v) is 24.7. The Morgan fingerprint density at radius 1 is 0.838 bits per heavy atom. The Labute approximate surface area is 397 Å². The summed E-state index contributed by atoms with van der Waals surface area (Å²) < 4.78 is 33.3. The number of hydrogen-bond donors (Lipinski definition) is 1. The Kier molecular flexibility index (Phi) is 12.0. The van der Waals surface area contributed by atoms with Gasteiger partial charge in [0.1, 0.15) is 5.75 Å². The van der Waals surface area contributed by atoms with E-state index in [1.54, 1.807) is 35.1 Å². The molecule has 68 heavy (non-hydrogen) atoms. The van der Waals surface area contributed by atoms with Crippen LogP contribution in [0.3, 0.4) is 0 Å². The van der Waals surface area contributed by atoms with Crippen LogP contribution in [0.25, 0.3) is 11.1 Å². The Morgan fingerprint density at radius 3 is 2.37 bits per heavy atom. The third kappa shape index (κ3) is 8.42. The molecular formula is C55H60F2N8O3. The molecule has 6 aromatic rings. The number of benzene rings is 4. The van der Waals surface area contributed by atoms with E-state index in [0.717, 1.165) is 99.2 Å². The van der Waals surface area contributed by atoms with Gasteiger partial charge >= 0.3 is 0 Å². The summed E-state index contributed by atoms with van der Waals surface area (Å²) in [4.78, 5) is 34.3. The number of rotatable bonds is 10. The number of aryl methyl sites for hydroxylation is 3. The van der Waals surface area contributed by atoms with Crippen LogP contribution in [0.5, 0.6) is 5.75 Å². The van der Waals surface area contributed by atoms with Crippen molar-refractivity contribution < 1.29 is 23.5 Å². The van der Waals surface area contributed by atoms with Gasteiger partial charge in [-0.3, -0.25) is 19.0 Å². The number of halogens is 2. The fraction of sp³-hybridized carbons (Fsp3) is 0.418. The highest BCUT2D eigenvalue weighted by atomic mass is 19.3. The highest BCUT2D eigenvalue weighted by Gasteiger charge is 2.36. The average Bonchev–Trinajstić information content (AvgIpc) is 3.99. The van der Waals surface area contributed by atoms with Gasteiger partial charge in [0.05, 0.1) is 18.8 Å². The van der Waals surface area contributed by atoms with E-state index in [1.165, 1.54) is 27.9 Å². The molecule has 352 valence electrons. The number of fused-ring (bicyclic) bond motifs is 3. The number of carbonyl (C=O) groups excluding carboxylic acids is 2. The standard InChI is InChI=1S/C55H60F2N8O3/c1-60-33-41(32-58-60)47-30-40-8-5-22-64(51(40)31-48(47)54(56)57)55-49-34-61(35-66)23-21-50(49)65(59-55)43-19-26-63(27-20-43)52(68)28-36-17-24-62(25-18-36)42-12-9-38(10-13-42)53-45(37-6-3-2-4-7-37)15-11-39-29-44(67)14-16-46(39)53/h2-4,6-7,9-10,12-14,16,29-33,35-36,43,45,53-54,67H,5,8,11,15,17-28,34H2,1H3. The molecule has 0 radical (unpaired) electrons. The van der Waals surface area contributed by atoms with Crippen LogP contribution in [-0.4, -0.2) is 86.1 Å². The van der Waals surface area contributed by atoms with E-state index in [9.17, 15) is 23.5 Å². The van der Waals surface area contributed by atoms with Gasteiger partial charge in [-0.05, 0) is 133 Å². The van der Waals surface area contributed by atoms with E-state index in [2.05, 4.69) is 80.2 Å². The van der Waals surface area contributed by atoms with Gasteiger partial charge in [-0.25, -0.2) is 8.78 Å². The first-order chi connectivity index (χ1) is 33.2. The molecule has 1 N–H and O–H groups in total. The highest BCUT2D eigenvalue weighted by Crippen LogP contribution is 2.48. The number of likely N-dealkylation sites (tertiary alicyclic amines) is 1. The molecule has 0 saturated carbocycles. The predicted octanol–water partition coefficient (Wildman–Crippen LogP) is 9.86. The zero-order valence-electron chi connectivity index (χ0n) is 38.8. The van der Waals surface area contributed by atoms with E-state index in [1.807, 2.05) is 23.1 Å². The van der Waals surface area contributed by atoms with Gasteiger partial charge in [-0.15, -0.1) is 0 Å². The number of phenols is 1. The lowest BCUT2D eigenvalue weighted by Gasteiger charge is -2.37. The molecule has 4 aromatic carbocycles. The minimum Gasteiger partial charge on any atom is -0.508 e. The smallest absolute Gasteiger partial charge is 0.264 e. The zero-order chi connectivity index (χ0) is 46.5. The van der Waals surface area contributed by atoms with Crippen molar-refractivity contribution in [2.75, 3.05) is 49.1 Å². The van der Waals surface area contributed by atoms with Crippen molar-refractivity contribution in [3.63, 3.8) is 0 Å². The Bertz CT molecular complexity index is 2790. The number of carbonyl (C=O) groups is 2. The molecule has 13 heteroatoms. The summed E-state index contributed by atoms with van der Waals surface area (Å²) in [6, 6.07) is 29.5. The maximum Gasteiger partial charge on any atom is 0.264 e. The Balaban J connectivity index is 0.736. The summed E-state index contributed by atoms with van der Waals surface area (Å²) in [6.07, 6.45) is 9.99. The molecule has 6 heterocycles. The van der Waals surface area contributed by atoms with Gasteiger partial charge in [-0.1, -0.05) is 48.5 Å². The third-order valence-corrected chi connectivity index (χ3v) is 15.8. The number of aromatic nitrogens is 4. The van der Waals surface area contributed by atoms with E-state index in [4.69, 9.17) is 5.10 Å². The van der Waals surface area contributed by atoms with Crippen LogP contribution >= 0.6 is 0 Å². The molecule has 0 bridgehead atoms. The minimum atomic E-state index is -2.67. The van der Waals surface area contributed by atoms with Gasteiger partial charge in [0.25, 0.3) is 6.43 Å². The van der Waals surface area contributed by atoms with Crippen LogP contribution in [0.1, 0.15) is 114 Å². The monoisotopic (exact) mass is 918 g/mol. The second-order valence-electron chi connectivity index (χ2n) is 19.8. The zero-order valence-corrected chi connectivity index (χ0v) is 38.8. The maximum atomic E-state index is 14.7. The van der Waals surface area contributed by atoms with E-state index in [0.29, 0.717) is 74.3 Å². The second kappa shape index (κ2) is 18.5. The molecular weight excluding hydrogens is 859 g/mol. The van der Waals surface area contributed by atoms with Crippen LogP contribution in [0.4, 0.5) is 26.0 Å². The number of phenolic OH excluding ortho intramolecular Hbond substituents is 1. The van der Waals surface area contributed by atoms with E-state index in [-0.39, 0.29) is 23.4 Å². The van der Waals surface area contributed by atoms with Gasteiger partial charge in [0.15, 0.2) is 5.82 Å². The first-order valence-electron chi connectivity index (χ1n) is 24.7. The molecule has 2 atom stereocenters. The second-order valence-corrected chi connectivity index (χ2v) is 19.8. The van der Waals surface area contributed by atoms with Crippen molar-refractivity contribution in [1.29, 1.82) is 0 Å². The van der Waals surface area contributed by atoms with Crippen LogP contribution in [0.15, 0.2) is 97.3 Å². The number of aromatic hydroxyl groups is 1. The topological polar surface area (TPSA) is 103 Å². The van der Waals surface area contributed by atoms with Gasteiger partial charge < -0.3 is 24.7 Å². The SMILES string of the molecule is Cn1cc(-c2cc3c(cc2C(F)F)N(c2nn(C4CCN(C(=O)CC5CCN(c6ccc(C7c8ccc(O)cc8CCC7c7ccccc7)cc6)CC5)CC4)c4c2CN(C=O)CC4)CCC3)cn1. The summed E-state index contributed by atoms with van der Waals surface area (Å²) in [5.41, 5.74) is 11.4. The van der Waals surface area contributed by atoms with E-state index < -0.39 is 6.43 Å². The lowest BCUT2D eigenvalue weighted by Crippen LogP contribution is -2.41. The third-order valence-electron chi connectivity index (χ3n) is 15.8. The highest BCUT2D eigenvalue weighted by molar-refractivity contribution is 5.78. The molecule has 5 aliphatic rings. The molecule has 2 unspecified atom stereocenters. The summed E-state index contributed by atoms with van der Waals surface area (Å²) in [5, 5.41) is 19.8. The number of alkyl halides is 2. The summed E-state index contributed by atoms with van der Waals surface area (Å²) in [6.45, 7) is 4.83. The molecule has 11 rings (SSSR count). The van der Waals surface area contributed by atoms with Crippen molar-refractivity contribution in [3.8, 4) is 16.9 Å². The summed E-state index contributed by atoms with van der Waals surface area (Å²) in [5.74, 6) is 2.23. The average molecular weight is 919 g/mol. The fourth-order valence-electron chi connectivity index (χ4n) is 12.2. The van der Waals surface area contributed by atoms with E-state index >= 15 is 0 Å². The lowest BCUT2D eigenvalue weighted by atomic mass is 9.69. The molecule has 0 spiro atoms. The molecule has 11 nitrogen and oxygen atoms in total. The van der Waals surface area contributed by atoms with Crippen LogP contribution in [-0.2, 0) is 42.4 Å². The van der Waals surface area contributed by atoms with Crippen molar-refractivity contribution in [1.82, 2.24) is 29.4 Å². The molecule has 4 aliphatic heterocycles. The number of piperidine rings is 2. The lowest BCUT2D eigenvalue weighted by molar-refractivity contribution is -0.133. The summed E-state index contributed by atoms with van der Waals surface area (Å²) in [7, 11) is 1.79. The van der Waals surface area contributed by atoms with Crippen molar-refractivity contribution >= 4 is 29.5 Å². The largest absolute Gasteiger partial charge is 0.508 e. The van der Waals surface area contributed by atoms with Gasteiger partial charge in [0, 0.05) is 105 Å². The number of anilines is 3. The van der Waals surface area contributed by atoms with Crippen LogP contribution < -0.4 is 9.80 Å². The number of nitrogens with zero attached hydrogens (tertiary/aromatic N) is 8. The van der Waals surface area contributed by atoms with Crippen LogP contribution in [0, 0.1) is 5.92 Å². The van der Waals surface area contributed by atoms with Crippen LogP contribution in [0.2, 0.25) is 0 Å². The number of amides is 2. The molecule has 2 fully saturated rings. The van der Waals surface area contributed by atoms with Crippen molar-refractivity contribution in [2.24, 2.45) is 13.0 Å². The molecule has 2 saturated heterocycles. The van der Waals surface area contributed by atoms with Gasteiger partial charge in [-0.2, -0.15) is 10.2 Å². The Hall–Kier alpha value is -6.50. The first kappa shape index (κ1) is 44.0. The molecule has 2 amide bonds. The fourth-order valence-corrected chi connectivity index (χ4v) is 12.2. The van der Waals surface area contributed by atoms with Crippen molar-refractivity contribution in [2.45, 2.75) is 95.1 Å². The van der Waals surface area contributed by atoms with Crippen molar-refractivity contribution in [3.05, 3.63) is 142 Å². The quantitative estimate of drug-likeness (QED) is 0.137. The molecule has 2 aromatic heterocycles. The Morgan fingerprint density at radius 2 is 1.63 bits per heavy atom. The van der Waals surface area contributed by atoms with Gasteiger partial charge in [0.2, 0.25) is 12.3 Å². The normalized spacial score (nSPS) is 20.1. The predicted molar refractivity (Wildman–Crippen MR) is 260 cm³/mol. The minimum absolute atomic E-state index is 0.0258. The molecule has 1 aliphatic carbocycles. The number of hydrogen-bond acceptors (Lipinski definition) is 7.